The molecule has 4 rings (SSSR count). The van der Waals surface area contributed by atoms with E-state index in [4.69, 9.17) is 11.6 Å². The van der Waals surface area contributed by atoms with Crippen molar-refractivity contribution < 1.29 is 14.4 Å². The number of piperidine rings is 1. The summed E-state index contributed by atoms with van der Waals surface area (Å²) in [4.78, 5) is 39.8. The number of amides is 2. The highest BCUT2D eigenvalue weighted by atomic mass is 35.5. The minimum absolute atomic E-state index is 0.0336. The third-order valence-electron chi connectivity index (χ3n) is 5.79. The van der Waals surface area contributed by atoms with Crippen LogP contribution in [0.2, 0.25) is 5.02 Å². The molecule has 6 nitrogen and oxygen atoms in total. The first-order chi connectivity index (χ1) is 15.0. The molecule has 2 fully saturated rings. The summed E-state index contributed by atoms with van der Waals surface area (Å²) in [6, 6.07) is 14.2. The summed E-state index contributed by atoms with van der Waals surface area (Å²) < 4.78 is 0. The second kappa shape index (κ2) is 9.62. The fraction of sp³-hybridized carbons (Fsp3) is 0.375. The quantitative estimate of drug-likeness (QED) is 0.647. The van der Waals surface area contributed by atoms with Crippen LogP contribution in [0, 0.1) is 5.92 Å². The van der Waals surface area contributed by atoms with Crippen molar-refractivity contribution in [2.45, 2.75) is 31.7 Å². The molecule has 7 heteroatoms. The smallest absolute Gasteiger partial charge is 0.238 e. The Morgan fingerprint density at radius 1 is 0.968 bits per heavy atom. The molecule has 0 atom stereocenters. The lowest BCUT2D eigenvalue weighted by molar-refractivity contribution is -0.126. The number of halogens is 1. The lowest BCUT2D eigenvalue weighted by atomic mass is 9.96. The number of rotatable bonds is 7. The standard InChI is InChI=1S/C24H26ClN3O3/c25-18-6-9-21(20(14-18)23(30)16-4-2-1-3-5-16)27-22(29)15-28-12-10-17(11-13-28)24(31)26-19-7-8-19/h1-6,9,14,17,19H,7-8,10-13,15H2,(H,26,31)(H,27,29). The van der Waals surface area contributed by atoms with Gasteiger partial charge in [-0.3, -0.25) is 19.3 Å². The number of nitrogens with zero attached hydrogens (tertiary/aromatic N) is 1. The third kappa shape index (κ3) is 5.71. The highest BCUT2D eigenvalue weighted by Gasteiger charge is 2.30. The van der Waals surface area contributed by atoms with Gasteiger partial charge in [-0.1, -0.05) is 41.9 Å². The number of hydrogen-bond donors (Lipinski definition) is 2. The van der Waals surface area contributed by atoms with Gasteiger partial charge >= 0.3 is 0 Å². The SMILES string of the molecule is O=C(CN1CCC(C(=O)NC2CC2)CC1)Nc1ccc(Cl)cc1C(=O)c1ccccc1. The molecule has 1 saturated heterocycles. The lowest BCUT2D eigenvalue weighted by Crippen LogP contribution is -2.43. The average molecular weight is 440 g/mol. The second-order valence-corrected chi connectivity index (χ2v) is 8.70. The Balaban J connectivity index is 1.35. The molecule has 1 aliphatic carbocycles. The Morgan fingerprint density at radius 2 is 1.68 bits per heavy atom. The molecule has 2 amide bonds. The monoisotopic (exact) mass is 439 g/mol. The summed E-state index contributed by atoms with van der Waals surface area (Å²) in [5.74, 6) is -0.200. The van der Waals surface area contributed by atoms with E-state index in [-0.39, 0.29) is 30.1 Å². The maximum atomic E-state index is 12.9. The minimum atomic E-state index is -0.194. The first kappa shape index (κ1) is 21.5. The summed E-state index contributed by atoms with van der Waals surface area (Å²) >= 11 is 6.11. The van der Waals surface area contributed by atoms with Crippen molar-refractivity contribution in [3.63, 3.8) is 0 Å². The van der Waals surface area contributed by atoms with Crippen LogP contribution in [0.3, 0.4) is 0 Å². The van der Waals surface area contributed by atoms with E-state index < -0.39 is 0 Å². The van der Waals surface area contributed by atoms with Gasteiger partial charge in [0, 0.05) is 28.1 Å². The molecular formula is C24H26ClN3O3. The third-order valence-corrected chi connectivity index (χ3v) is 6.02. The van der Waals surface area contributed by atoms with E-state index in [1.54, 1.807) is 42.5 Å². The van der Waals surface area contributed by atoms with E-state index in [1.807, 2.05) is 11.0 Å². The molecule has 1 aliphatic heterocycles. The molecule has 0 spiro atoms. The summed E-state index contributed by atoms with van der Waals surface area (Å²) in [6.45, 7) is 1.62. The number of benzene rings is 2. The molecule has 1 saturated carbocycles. The van der Waals surface area contributed by atoms with Crippen LogP contribution in [0.5, 0.6) is 0 Å². The number of hydrogen-bond acceptors (Lipinski definition) is 4. The summed E-state index contributed by atoms with van der Waals surface area (Å²) in [5.41, 5.74) is 1.34. The van der Waals surface area contributed by atoms with Crippen LogP contribution in [-0.4, -0.2) is 48.2 Å². The molecule has 0 aromatic heterocycles. The largest absolute Gasteiger partial charge is 0.353 e. The van der Waals surface area contributed by atoms with Gasteiger partial charge in [-0.15, -0.1) is 0 Å². The van der Waals surface area contributed by atoms with Crippen molar-refractivity contribution in [1.29, 1.82) is 0 Å². The van der Waals surface area contributed by atoms with Crippen molar-refractivity contribution in [2.75, 3.05) is 25.0 Å². The maximum Gasteiger partial charge on any atom is 0.238 e. The number of carbonyl (C=O) groups excluding carboxylic acids is 3. The van der Waals surface area contributed by atoms with E-state index in [2.05, 4.69) is 10.6 Å². The normalized spacial score (nSPS) is 17.2. The first-order valence-electron chi connectivity index (χ1n) is 10.7. The highest BCUT2D eigenvalue weighted by Crippen LogP contribution is 2.25. The van der Waals surface area contributed by atoms with Crippen LogP contribution in [-0.2, 0) is 9.59 Å². The Hall–Kier alpha value is -2.70. The minimum Gasteiger partial charge on any atom is -0.353 e. The molecule has 0 unspecified atom stereocenters. The maximum absolute atomic E-state index is 12.9. The van der Waals surface area contributed by atoms with Crippen molar-refractivity contribution in [3.05, 3.63) is 64.7 Å². The van der Waals surface area contributed by atoms with Gasteiger partial charge < -0.3 is 10.6 Å². The molecule has 31 heavy (non-hydrogen) atoms. The second-order valence-electron chi connectivity index (χ2n) is 8.27. The Labute approximate surface area is 187 Å². The number of likely N-dealkylation sites (tertiary alicyclic amines) is 1. The molecule has 2 aromatic rings. The van der Waals surface area contributed by atoms with Gasteiger partial charge in [0.05, 0.1) is 12.2 Å². The van der Waals surface area contributed by atoms with Gasteiger partial charge in [-0.25, -0.2) is 0 Å². The topological polar surface area (TPSA) is 78.5 Å². The van der Waals surface area contributed by atoms with Crippen molar-refractivity contribution in [1.82, 2.24) is 10.2 Å². The van der Waals surface area contributed by atoms with Crippen LogP contribution in [0.25, 0.3) is 0 Å². The van der Waals surface area contributed by atoms with Crippen molar-refractivity contribution in [2.24, 2.45) is 5.92 Å². The fourth-order valence-corrected chi connectivity index (χ4v) is 4.02. The van der Waals surface area contributed by atoms with E-state index in [1.165, 1.54) is 0 Å². The molecule has 1 heterocycles. The van der Waals surface area contributed by atoms with Crippen molar-refractivity contribution in [3.8, 4) is 0 Å². The zero-order chi connectivity index (χ0) is 21.8. The molecule has 2 aliphatic rings. The van der Waals surface area contributed by atoms with E-state index in [0.29, 0.717) is 41.0 Å². The molecule has 0 radical (unpaired) electrons. The first-order valence-corrected chi connectivity index (χ1v) is 11.1. The van der Waals surface area contributed by atoms with Gasteiger partial charge in [0.15, 0.2) is 5.78 Å². The molecular weight excluding hydrogens is 414 g/mol. The highest BCUT2D eigenvalue weighted by molar-refractivity contribution is 6.31. The predicted molar refractivity (Wildman–Crippen MR) is 120 cm³/mol. The van der Waals surface area contributed by atoms with Crippen LogP contribution in [0.4, 0.5) is 5.69 Å². The van der Waals surface area contributed by atoms with Gasteiger partial charge in [0.2, 0.25) is 11.8 Å². The van der Waals surface area contributed by atoms with Crippen LogP contribution < -0.4 is 10.6 Å². The summed E-state index contributed by atoms with van der Waals surface area (Å²) in [5, 5.41) is 6.37. The van der Waals surface area contributed by atoms with E-state index >= 15 is 0 Å². The average Bonchev–Trinajstić information content (AvgIpc) is 3.59. The van der Waals surface area contributed by atoms with Crippen LogP contribution >= 0.6 is 11.6 Å². The molecule has 2 N–H and O–H groups in total. The molecule has 0 bridgehead atoms. The number of carbonyl (C=O) groups is 3. The number of anilines is 1. The lowest BCUT2D eigenvalue weighted by Gasteiger charge is -2.30. The van der Waals surface area contributed by atoms with E-state index in [9.17, 15) is 14.4 Å². The Kier molecular flexibility index (Phi) is 6.68. The van der Waals surface area contributed by atoms with Crippen LogP contribution in [0.15, 0.2) is 48.5 Å². The Bertz CT molecular complexity index is 967. The fourth-order valence-electron chi connectivity index (χ4n) is 3.85. The Morgan fingerprint density at radius 3 is 2.35 bits per heavy atom. The van der Waals surface area contributed by atoms with Gasteiger partial charge in [-0.05, 0) is 57.0 Å². The predicted octanol–water partition coefficient (Wildman–Crippen LogP) is 3.50. The summed E-state index contributed by atoms with van der Waals surface area (Å²) in [7, 11) is 0. The molecule has 2 aromatic carbocycles. The number of ketones is 1. The zero-order valence-electron chi connectivity index (χ0n) is 17.3. The summed E-state index contributed by atoms with van der Waals surface area (Å²) in [6.07, 6.45) is 3.68. The van der Waals surface area contributed by atoms with Gasteiger partial charge in [-0.2, -0.15) is 0 Å². The number of nitrogens with one attached hydrogen (secondary N) is 2. The molecule has 162 valence electrons. The van der Waals surface area contributed by atoms with Crippen LogP contribution in [0.1, 0.15) is 41.6 Å². The van der Waals surface area contributed by atoms with Gasteiger partial charge in [0.25, 0.3) is 0 Å². The van der Waals surface area contributed by atoms with Crippen molar-refractivity contribution >= 4 is 34.9 Å². The van der Waals surface area contributed by atoms with Gasteiger partial charge in [0.1, 0.15) is 0 Å². The van der Waals surface area contributed by atoms with E-state index in [0.717, 1.165) is 25.7 Å². The zero-order valence-corrected chi connectivity index (χ0v) is 18.0.